The number of nitrogens with zero attached hydrogens (tertiary/aromatic N) is 2. The second-order valence-electron chi connectivity index (χ2n) is 12.3. The fourth-order valence-corrected chi connectivity index (χ4v) is 7.39. The van der Waals surface area contributed by atoms with Gasteiger partial charge in [-0.1, -0.05) is 121 Å². The molecule has 10 rings (SSSR count). The van der Waals surface area contributed by atoms with Crippen molar-refractivity contribution in [2.24, 2.45) is 0 Å². The van der Waals surface area contributed by atoms with Gasteiger partial charge in [0.05, 0.1) is 22.2 Å². The Morgan fingerprint density at radius 3 is 1.98 bits per heavy atom. The average Bonchev–Trinajstić information content (AvgIpc) is 3.70. The van der Waals surface area contributed by atoms with Crippen molar-refractivity contribution in [1.82, 2.24) is 9.55 Å². The summed E-state index contributed by atoms with van der Waals surface area (Å²) in [6, 6.07) is 60.1. The van der Waals surface area contributed by atoms with Crippen molar-refractivity contribution < 1.29 is 4.42 Å². The normalized spacial score (nSPS) is 11.8. The molecular formula is C45H28N2O. The van der Waals surface area contributed by atoms with Crippen molar-refractivity contribution in [2.45, 2.75) is 0 Å². The summed E-state index contributed by atoms with van der Waals surface area (Å²) < 4.78 is 9.04. The smallest absolute Gasteiger partial charge is 0.137 e. The van der Waals surface area contributed by atoms with Gasteiger partial charge in [-0.05, 0) is 64.7 Å². The molecule has 0 fully saturated rings. The minimum atomic E-state index is 0.863. The van der Waals surface area contributed by atoms with E-state index in [0.717, 1.165) is 60.9 Å². The Morgan fingerprint density at radius 1 is 0.417 bits per heavy atom. The third-order valence-electron chi connectivity index (χ3n) is 9.60. The van der Waals surface area contributed by atoms with E-state index in [1.807, 2.05) is 6.07 Å². The molecule has 0 aliphatic carbocycles. The molecule has 0 radical (unpaired) electrons. The number of aromatic nitrogens is 2. The monoisotopic (exact) mass is 612 g/mol. The summed E-state index contributed by atoms with van der Waals surface area (Å²) in [5, 5.41) is 5.80. The predicted molar refractivity (Wildman–Crippen MR) is 200 cm³/mol. The van der Waals surface area contributed by atoms with Gasteiger partial charge in [0.25, 0.3) is 0 Å². The fourth-order valence-electron chi connectivity index (χ4n) is 7.39. The maximum absolute atomic E-state index is 6.67. The molecule has 0 saturated carbocycles. The number of benzene rings is 7. The molecule has 3 heterocycles. The molecule has 0 amide bonds. The highest BCUT2D eigenvalue weighted by Crippen LogP contribution is 2.42. The zero-order valence-corrected chi connectivity index (χ0v) is 26.0. The van der Waals surface area contributed by atoms with Crippen LogP contribution in [-0.2, 0) is 0 Å². The van der Waals surface area contributed by atoms with Crippen LogP contribution in [0.25, 0.3) is 93.8 Å². The van der Waals surface area contributed by atoms with Crippen molar-refractivity contribution in [2.75, 3.05) is 0 Å². The standard InChI is InChI=1S/C45H28N2O/c1-3-12-29(13-4-1)31-22-24-35-34-17-8-10-20-41(34)47(42(35)26-31)32-23-25-37-44(27-32)48-43-21-11-18-36(45(37)43)38-28-40(30-14-5-2-6-15-30)46-39-19-9-7-16-33(38)39/h1-28H. The molecule has 48 heavy (non-hydrogen) atoms. The van der Waals surface area contributed by atoms with Crippen LogP contribution in [0.15, 0.2) is 174 Å². The summed E-state index contributed by atoms with van der Waals surface area (Å²) in [5.74, 6) is 0. The van der Waals surface area contributed by atoms with Crippen LogP contribution in [0.5, 0.6) is 0 Å². The third-order valence-corrected chi connectivity index (χ3v) is 9.60. The largest absolute Gasteiger partial charge is 0.456 e. The minimum Gasteiger partial charge on any atom is -0.456 e. The van der Waals surface area contributed by atoms with Gasteiger partial charge in [-0.2, -0.15) is 0 Å². The molecule has 0 atom stereocenters. The lowest BCUT2D eigenvalue weighted by Crippen LogP contribution is -1.93. The Hall–Kier alpha value is -6.45. The molecule has 0 spiro atoms. The number of pyridine rings is 1. The maximum Gasteiger partial charge on any atom is 0.137 e. The van der Waals surface area contributed by atoms with Crippen LogP contribution in [0.4, 0.5) is 0 Å². The van der Waals surface area contributed by atoms with Gasteiger partial charge >= 0.3 is 0 Å². The fraction of sp³-hybridized carbons (Fsp3) is 0. The lowest BCUT2D eigenvalue weighted by atomic mass is 9.94. The van der Waals surface area contributed by atoms with Crippen molar-refractivity contribution >= 4 is 54.6 Å². The van der Waals surface area contributed by atoms with Gasteiger partial charge in [0.2, 0.25) is 0 Å². The van der Waals surface area contributed by atoms with E-state index < -0.39 is 0 Å². The molecule has 224 valence electrons. The molecule has 0 aliphatic heterocycles. The number of para-hydroxylation sites is 2. The first-order chi connectivity index (χ1) is 23.8. The summed E-state index contributed by atoms with van der Waals surface area (Å²) >= 11 is 0. The van der Waals surface area contributed by atoms with Crippen molar-refractivity contribution in [3.8, 4) is 39.2 Å². The first-order valence-corrected chi connectivity index (χ1v) is 16.3. The minimum absolute atomic E-state index is 0.863. The number of hydrogen-bond donors (Lipinski definition) is 0. The maximum atomic E-state index is 6.67. The van der Waals surface area contributed by atoms with Crippen molar-refractivity contribution in [3.63, 3.8) is 0 Å². The van der Waals surface area contributed by atoms with Crippen LogP contribution in [0, 0.1) is 0 Å². The molecule has 3 nitrogen and oxygen atoms in total. The predicted octanol–water partition coefficient (Wildman–Crippen LogP) is 12.2. The molecule has 10 aromatic rings. The quantitative estimate of drug-likeness (QED) is 0.198. The summed E-state index contributed by atoms with van der Waals surface area (Å²) in [5.41, 5.74) is 12.9. The van der Waals surface area contributed by atoms with Crippen LogP contribution in [0.1, 0.15) is 0 Å². The zero-order valence-electron chi connectivity index (χ0n) is 26.0. The first-order valence-electron chi connectivity index (χ1n) is 16.3. The lowest BCUT2D eigenvalue weighted by Gasteiger charge is -2.12. The van der Waals surface area contributed by atoms with Gasteiger partial charge in [-0.25, -0.2) is 4.98 Å². The third kappa shape index (κ3) is 4.11. The van der Waals surface area contributed by atoms with E-state index in [1.165, 1.54) is 32.9 Å². The highest BCUT2D eigenvalue weighted by Gasteiger charge is 2.18. The highest BCUT2D eigenvalue weighted by atomic mass is 16.3. The van der Waals surface area contributed by atoms with Crippen LogP contribution in [0.3, 0.4) is 0 Å². The Bertz CT molecular complexity index is 2830. The van der Waals surface area contributed by atoms with E-state index in [-0.39, 0.29) is 0 Å². The summed E-state index contributed by atoms with van der Waals surface area (Å²) in [6.07, 6.45) is 0. The van der Waals surface area contributed by atoms with E-state index in [4.69, 9.17) is 9.40 Å². The van der Waals surface area contributed by atoms with Gasteiger partial charge < -0.3 is 8.98 Å². The van der Waals surface area contributed by atoms with Crippen LogP contribution < -0.4 is 0 Å². The highest BCUT2D eigenvalue weighted by molar-refractivity contribution is 6.16. The van der Waals surface area contributed by atoms with Crippen LogP contribution >= 0.6 is 0 Å². The van der Waals surface area contributed by atoms with E-state index in [2.05, 4.69) is 168 Å². The topological polar surface area (TPSA) is 31.0 Å². The van der Waals surface area contributed by atoms with Gasteiger partial charge in [-0.3, -0.25) is 0 Å². The number of furan rings is 1. The van der Waals surface area contributed by atoms with E-state index in [0.29, 0.717) is 0 Å². The second-order valence-corrected chi connectivity index (χ2v) is 12.3. The number of hydrogen-bond acceptors (Lipinski definition) is 2. The van der Waals surface area contributed by atoms with E-state index >= 15 is 0 Å². The van der Waals surface area contributed by atoms with E-state index in [1.54, 1.807) is 0 Å². The van der Waals surface area contributed by atoms with Crippen LogP contribution in [0.2, 0.25) is 0 Å². The Morgan fingerprint density at radius 2 is 1.12 bits per heavy atom. The average molecular weight is 613 g/mol. The van der Waals surface area contributed by atoms with Gasteiger partial charge in [0.1, 0.15) is 11.2 Å². The number of fused-ring (bicyclic) bond motifs is 7. The molecule has 0 unspecified atom stereocenters. The van der Waals surface area contributed by atoms with Gasteiger partial charge in [0, 0.05) is 44.2 Å². The SMILES string of the molecule is c1ccc(-c2ccc3c4ccccc4n(-c4ccc5c(c4)oc4cccc(-c6cc(-c7ccccc7)nc7ccccc67)c45)c3c2)cc1. The Kier molecular flexibility index (Phi) is 5.87. The van der Waals surface area contributed by atoms with Gasteiger partial charge in [-0.15, -0.1) is 0 Å². The second kappa shape index (κ2) is 10.5. The number of rotatable bonds is 4. The molecule has 7 aromatic carbocycles. The van der Waals surface area contributed by atoms with Crippen molar-refractivity contribution in [3.05, 3.63) is 170 Å². The molecule has 0 N–H and O–H groups in total. The van der Waals surface area contributed by atoms with Crippen LogP contribution in [-0.4, -0.2) is 9.55 Å². The summed E-state index contributed by atoms with van der Waals surface area (Å²) in [7, 11) is 0. The van der Waals surface area contributed by atoms with E-state index in [9.17, 15) is 0 Å². The molecule has 0 saturated heterocycles. The Balaban J connectivity index is 1.20. The summed E-state index contributed by atoms with van der Waals surface area (Å²) in [6.45, 7) is 0. The molecular weight excluding hydrogens is 585 g/mol. The molecule has 0 aliphatic rings. The molecule has 0 bridgehead atoms. The lowest BCUT2D eigenvalue weighted by molar-refractivity contribution is 0.668. The van der Waals surface area contributed by atoms with Crippen molar-refractivity contribution in [1.29, 1.82) is 0 Å². The van der Waals surface area contributed by atoms with Gasteiger partial charge in [0.15, 0.2) is 0 Å². The first kappa shape index (κ1) is 26.7. The molecule has 3 aromatic heterocycles. The summed E-state index contributed by atoms with van der Waals surface area (Å²) in [4.78, 5) is 5.05. The zero-order chi connectivity index (χ0) is 31.6. The Labute approximate surface area is 277 Å². The molecule has 3 heteroatoms.